The monoisotopic (exact) mass is 421 g/mol. The average molecular weight is 422 g/mol. The first kappa shape index (κ1) is 21.7. The van der Waals surface area contributed by atoms with Crippen molar-refractivity contribution < 1.29 is 9.53 Å². The highest BCUT2D eigenvalue weighted by Gasteiger charge is 2.43. The number of aryl methyl sites for hydroxylation is 1. The van der Waals surface area contributed by atoms with E-state index in [1.165, 1.54) is 16.7 Å². The van der Waals surface area contributed by atoms with Crippen LogP contribution in [0.25, 0.3) is 0 Å². The molecular weight excluding hydrogens is 386 g/mol. The number of fused-ring (bicyclic) bond motifs is 1. The number of benzene rings is 1. The van der Waals surface area contributed by atoms with E-state index in [0.717, 1.165) is 73.9 Å². The van der Waals surface area contributed by atoms with Crippen LogP contribution in [0.3, 0.4) is 0 Å². The summed E-state index contributed by atoms with van der Waals surface area (Å²) in [6, 6.07) is 8.02. The molecule has 2 aliphatic heterocycles. The van der Waals surface area contributed by atoms with E-state index in [1.54, 1.807) is 0 Å². The fraction of sp³-hybridized carbons (Fsp3) is 0.500. The van der Waals surface area contributed by atoms with Crippen LogP contribution in [0.2, 0.25) is 0 Å². The fourth-order valence-electron chi connectivity index (χ4n) is 5.12. The minimum Gasteiger partial charge on any atom is -0.466 e. The molecule has 166 valence electrons. The number of nitrogens with two attached hydrogens (primary N) is 1. The van der Waals surface area contributed by atoms with Gasteiger partial charge in [0.25, 0.3) is 5.91 Å². The lowest BCUT2D eigenvalue weighted by Crippen LogP contribution is -2.51. The second kappa shape index (κ2) is 8.19. The van der Waals surface area contributed by atoms with Gasteiger partial charge in [0.15, 0.2) is 0 Å². The number of carbonyl (C=O) groups is 1. The maximum absolute atomic E-state index is 12.9. The van der Waals surface area contributed by atoms with Crippen LogP contribution in [0.5, 0.6) is 0 Å². The van der Waals surface area contributed by atoms with E-state index in [2.05, 4.69) is 37.8 Å². The number of hydrogen-bond acceptors (Lipinski definition) is 4. The Labute approximate surface area is 186 Å². The Balaban J connectivity index is 1.41. The Hall–Kier alpha value is -2.53. The van der Waals surface area contributed by atoms with Crippen LogP contribution in [0.1, 0.15) is 57.0 Å². The van der Waals surface area contributed by atoms with Crippen LogP contribution in [0, 0.1) is 5.41 Å². The van der Waals surface area contributed by atoms with E-state index in [4.69, 9.17) is 10.5 Å². The second-order valence-electron chi connectivity index (χ2n) is 9.46. The van der Waals surface area contributed by atoms with Crippen LogP contribution >= 0.6 is 0 Å². The number of carbonyl (C=O) groups excluding carboxylic acids is 1. The Morgan fingerprint density at radius 2 is 1.71 bits per heavy atom. The topological polar surface area (TPSA) is 58.8 Å². The molecule has 1 unspecified atom stereocenters. The lowest BCUT2D eigenvalue weighted by molar-refractivity contribution is 0.0593. The minimum absolute atomic E-state index is 0.108. The summed E-state index contributed by atoms with van der Waals surface area (Å²) in [6.45, 7) is 14.7. The minimum atomic E-state index is -0.108. The summed E-state index contributed by atoms with van der Waals surface area (Å²) in [6.07, 6.45) is 1.90. The molecule has 1 aromatic carbocycles. The SMILES string of the molecule is CCc1ccc(C(=O)N2CCN(CC3(C)CC4=C(C)OC(C)=C(C)C4=C3N)CC2)cc1. The number of hydrogen-bond donors (Lipinski definition) is 1. The number of nitrogens with zero attached hydrogens (tertiary/aromatic N) is 2. The van der Waals surface area contributed by atoms with Crippen LogP contribution in [0.15, 0.2) is 58.2 Å². The van der Waals surface area contributed by atoms with Gasteiger partial charge in [-0.3, -0.25) is 9.69 Å². The zero-order valence-corrected chi connectivity index (χ0v) is 19.5. The molecule has 1 aliphatic carbocycles. The smallest absolute Gasteiger partial charge is 0.253 e. The van der Waals surface area contributed by atoms with Crippen molar-refractivity contribution in [3.05, 3.63) is 69.3 Å². The highest BCUT2D eigenvalue weighted by molar-refractivity contribution is 5.94. The number of allylic oxidation sites excluding steroid dienone is 5. The van der Waals surface area contributed by atoms with Crippen molar-refractivity contribution in [3.63, 3.8) is 0 Å². The van der Waals surface area contributed by atoms with Gasteiger partial charge in [-0.25, -0.2) is 0 Å². The lowest BCUT2D eigenvalue weighted by Gasteiger charge is -2.39. The van der Waals surface area contributed by atoms with Gasteiger partial charge in [-0.05, 0) is 56.9 Å². The van der Waals surface area contributed by atoms with Crippen LogP contribution in [-0.4, -0.2) is 48.4 Å². The standard InChI is InChI=1S/C26H35N3O2/c1-6-20-7-9-21(10-8-20)25(30)29-13-11-28(12-14-29)16-26(5)15-22-19(4)31-18(3)17(2)23(22)24(26)27/h7-10H,6,11-16,27H2,1-5H3. The molecule has 2 N–H and O–H groups in total. The highest BCUT2D eigenvalue weighted by atomic mass is 16.5. The van der Waals surface area contributed by atoms with E-state index in [-0.39, 0.29) is 11.3 Å². The predicted molar refractivity (Wildman–Crippen MR) is 124 cm³/mol. The summed E-state index contributed by atoms with van der Waals surface area (Å²) in [4.78, 5) is 17.3. The van der Waals surface area contributed by atoms with Crippen molar-refractivity contribution in [2.75, 3.05) is 32.7 Å². The molecule has 1 fully saturated rings. The highest BCUT2D eigenvalue weighted by Crippen LogP contribution is 2.50. The normalized spacial score (nSPS) is 24.6. The van der Waals surface area contributed by atoms with Crippen LogP contribution in [0.4, 0.5) is 0 Å². The Morgan fingerprint density at radius 3 is 2.32 bits per heavy atom. The average Bonchev–Trinajstić information content (AvgIpc) is 3.03. The molecule has 3 aliphatic rings. The predicted octanol–water partition coefficient (Wildman–Crippen LogP) is 4.23. The zero-order valence-electron chi connectivity index (χ0n) is 19.5. The van der Waals surface area contributed by atoms with Gasteiger partial charge >= 0.3 is 0 Å². The van der Waals surface area contributed by atoms with Gasteiger partial charge in [0.05, 0.1) is 0 Å². The van der Waals surface area contributed by atoms with Crippen LogP contribution in [-0.2, 0) is 11.2 Å². The first-order valence-electron chi connectivity index (χ1n) is 11.4. The van der Waals surface area contributed by atoms with Gasteiger partial charge in [-0.2, -0.15) is 0 Å². The van der Waals surface area contributed by atoms with Crippen molar-refractivity contribution in [3.8, 4) is 0 Å². The summed E-state index contributed by atoms with van der Waals surface area (Å²) >= 11 is 0. The maximum Gasteiger partial charge on any atom is 0.253 e. The van der Waals surface area contributed by atoms with E-state index in [0.29, 0.717) is 0 Å². The molecule has 0 saturated carbocycles. The molecule has 0 bridgehead atoms. The van der Waals surface area contributed by atoms with Gasteiger partial charge in [0, 0.05) is 60.5 Å². The largest absolute Gasteiger partial charge is 0.466 e. The van der Waals surface area contributed by atoms with Gasteiger partial charge in [0.1, 0.15) is 11.5 Å². The summed E-state index contributed by atoms with van der Waals surface area (Å²) in [7, 11) is 0. The molecule has 0 spiro atoms. The maximum atomic E-state index is 12.9. The second-order valence-corrected chi connectivity index (χ2v) is 9.46. The quantitative estimate of drug-likeness (QED) is 0.791. The van der Waals surface area contributed by atoms with Crippen molar-refractivity contribution in [2.45, 2.75) is 47.5 Å². The Bertz CT molecular complexity index is 978. The van der Waals surface area contributed by atoms with E-state index >= 15 is 0 Å². The van der Waals surface area contributed by atoms with E-state index in [9.17, 15) is 4.79 Å². The molecule has 2 heterocycles. The first-order chi connectivity index (χ1) is 14.7. The molecule has 31 heavy (non-hydrogen) atoms. The molecule has 4 rings (SSSR count). The van der Waals surface area contributed by atoms with Crippen LogP contribution < -0.4 is 5.73 Å². The number of amides is 1. The molecule has 1 saturated heterocycles. The molecule has 1 amide bonds. The van der Waals surface area contributed by atoms with Crippen molar-refractivity contribution in [1.82, 2.24) is 9.80 Å². The first-order valence-corrected chi connectivity index (χ1v) is 11.4. The summed E-state index contributed by atoms with van der Waals surface area (Å²) in [5.74, 6) is 2.06. The number of ether oxygens (including phenoxy) is 1. The van der Waals surface area contributed by atoms with Crippen molar-refractivity contribution in [2.24, 2.45) is 11.1 Å². The number of rotatable bonds is 4. The fourth-order valence-corrected chi connectivity index (χ4v) is 5.12. The molecule has 0 aromatic heterocycles. The summed E-state index contributed by atoms with van der Waals surface area (Å²) < 4.78 is 5.95. The Morgan fingerprint density at radius 1 is 1.06 bits per heavy atom. The summed E-state index contributed by atoms with van der Waals surface area (Å²) in [5, 5.41) is 0. The molecule has 5 nitrogen and oxygen atoms in total. The van der Waals surface area contributed by atoms with Gasteiger partial charge in [0.2, 0.25) is 0 Å². The van der Waals surface area contributed by atoms with E-state index < -0.39 is 0 Å². The summed E-state index contributed by atoms with van der Waals surface area (Å²) in [5.41, 5.74) is 13.3. The zero-order chi connectivity index (χ0) is 22.3. The third kappa shape index (κ3) is 3.91. The third-order valence-electron chi connectivity index (χ3n) is 7.26. The molecule has 1 aromatic rings. The van der Waals surface area contributed by atoms with Gasteiger partial charge in [-0.15, -0.1) is 0 Å². The third-order valence-corrected chi connectivity index (χ3v) is 7.26. The molecule has 5 heteroatoms. The Kier molecular flexibility index (Phi) is 5.73. The van der Waals surface area contributed by atoms with Gasteiger partial charge in [-0.1, -0.05) is 26.0 Å². The lowest BCUT2D eigenvalue weighted by atomic mass is 9.85. The molecule has 1 atom stereocenters. The molecular formula is C26H35N3O2. The molecule has 0 radical (unpaired) electrons. The van der Waals surface area contributed by atoms with E-state index in [1.807, 2.05) is 30.9 Å². The van der Waals surface area contributed by atoms with Crippen molar-refractivity contribution >= 4 is 5.91 Å². The number of piperazine rings is 1. The van der Waals surface area contributed by atoms with Gasteiger partial charge < -0.3 is 15.4 Å². The van der Waals surface area contributed by atoms with Crippen molar-refractivity contribution in [1.29, 1.82) is 0 Å².